The molecule has 0 aromatic carbocycles. The largest absolute Gasteiger partial charge is 0.477 e. The Morgan fingerprint density at radius 3 is 2.56 bits per heavy atom. The third-order valence-corrected chi connectivity index (χ3v) is 6.77. The SMILES string of the molecule is Cc1c(CCCCN=CC(=O)O)sc2c1C(=O)C(CCC(C)C)C(=O)N2CCC(F)(F)F. The van der Waals surface area contributed by atoms with Gasteiger partial charge in [-0.2, -0.15) is 13.2 Å². The number of unbranched alkanes of at least 4 members (excludes halogenated alkanes) is 1. The smallest absolute Gasteiger partial charge is 0.390 e. The zero-order valence-electron chi connectivity index (χ0n) is 18.5. The van der Waals surface area contributed by atoms with E-state index < -0.39 is 36.9 Å². The molecule has 0 aliphatic carbocycles. The lowest BCUT2D eigenvalue weighted by Gasteiger charge is -2.32. The van der Waals surface area contributed by atoms with Crippen LogP contribution in [0.5, 0.6) is 0 Å². The second kappa shape index (κ2) is 11.1. The zero-order chi connectivity index (χ0) is 24.1. The van der Waals surface area contributed by atoms with Gasteiger partial charge in [0, 0.05) is 18.0 Å². The molecule has 178 valence electrons. The number of carboxylic acids is 1. The summed E-state index contributed by atoms with van der Waals surface area (Å²) in [7, 11) is 0. The second-order valence-electron chi connectivity index (χ2n) is 8.40. The first-order valence-electron chi connectivity index (χ1n) is 10.7. The highest BCUT2D eigenvalue weighted by Gasteiger charge is 2.43. The van der Waals surface area contributed by atoms with Crippen LogP contribution in [0, 0.1) is 18.8 Å². The summed E-state index contributed by atoms with van der Waals surface area (Å²) in [5.41, 5.74) is 1.10. The Bertz CT molecular complexity index is 877. The lowest BCUT2D eigenvalue weighted by Crippen LogP contribution is -2.45. The second-order valence-corrected chi connectivity index (χ2v) is 9.49. The molecule has 1 atom stereocenters. The number of hydrogen-bond acceptors (Lipinski definition) is 5. The summed E-state index contributed by atoms with van der Waals surface area (Å²) in [6.07, 6.45) is -1.84. The number of anilines is 1. The molecule has 0 saturated heterocycles. The van der Waals surface area contributed by atoms with Crippen LogP contribution in [-0.2, 0) is 16.0 Å². The quantitative estimate of drug-likeness (QED) is 0.276. The maximum absolute atomic E-state index is 13.2. The van der Waals surface area contributed by atoms with E-state index in [2.05, 4.69) is 4.99 Å². The number of carbonyl (C=O) groups is 3. The Hall–Kier alpha value is -2.23. The number of carbonyl (C=O) groups excluding carboxylic acids is 2. The first-order chi connectivity index (χ1) is 14.9. The number of aryl methyl sites for hydroxylation is 1. The molecule has 6 nitrogen and oxygen atoms in total. The Balaban J connectivity index is 2.25. The van der Waals surface area contributed by atoms with E-state index in [1.165, 1.54) is 11.3 Å². The van der Waals surface area contributed by atoms with Gasteiger partial charge < -0.3 is 10.0 Å². The maximum Gasteiger partial charge on any atom is 0.390 e. The molecule has 2 heterocycles. The number of fused-ring (bicyclic) bond motifs is 1. The van der Waals surface area contributed by atoms with E-state index >= 15 is 0 Å². The standard InChI is InChI=1S/C22H29F3N2O4S/c1-13(2)7-8-15-19(30)18-14(3)16(6-4-5-10-26-12-17(28)29)32-21(18)27(20(15)31)11-9-22(23,24)25/h12-13,15H,4-11H2,1-3H3,(H,28,29). The fourth-order valence-electron chi connectivity index (χ4n) is 3.67. The molecule has 1 N–H and O–H groups in total. The first-order valence-corrected chi connectivity index (χ1v) is 11.5. The van der Waals surface area contributed by atoms with Crippen molar-refractivity contribution in [3.8, 4) is 0 Å². The minimum absolute atomic E-state index is 0.267. The fourth-order valence-corrected chi connectivity index (χ4v) is 5.06. The van der Waals surface area contributed by atoms with Crippen LogP contribution < -0.4 is 4.90 Å². The van der Waals surface area contributed by atoms with Crippen molar-refractivity contribution in [2.75, 3.05) is 18.0 Å². The van der Waals surface area contributed by atoms with Crippen LogP contribution >= 0.6 is 11.3 Å². The van der Waals surface area contributed by atoms with Gasteiger partial charge in [0.25, 0.3) is 0 Å². The number of rotatable bonds is 11. The Morgan fingerprint density at radius 1 is 1.28 bits per heavy atom. The van der Waals surface area contributed by atoms with E-state index in [1.54, 1.807) is 6.92 Å². The number of ketones is 1. The third-order valence-electron chi connectivity index (χ3n) is 5.39. The number of thiophene rings is 1. The predicted molar refractivity (Wildman–Crippen MR) is 118 cm³/mol. The van der Waals surface area contributed by atoms with Crippen LogP contribution in [0.4, 0.5) is 18.2 Å². The lowest BCUT2D eigenvalue weighted by atomic mass is 9.86. The number of nitrogens with zero attached hydrogens (tertiary/aromatic N) is 2. The molecule has 1 aromatic heterocycles. The van der Waals surface area contributed by atoms with Gasteiger partial charge >= 0.3 is 12.1 Å². The van der Waals surface area contributed by atoms with Crippen LogP contribution in [-0.4, -0.2) is 48.2 Å². The van der Waals surface area contributed by atoms with Crippen molar-refractivity contribution < 1.29 is 32.7 Å². The van der Waals surface area contributed by atoms with Crippen LogP contribution in [0.2, 0.25) is 0 Å². The molecule has 1 amide bonds. The number of aliphatic imine (C=N–C) groups is 1. The normalized spacial score (nSPS) is 17.0. The van der Waals surface area contributed by atoms with Gasteiger partial charge in [-0.25, -0.2) is 4.79 Å². The van der Waals surface area contributed by atoms with Gasteiger partial charge in [0.05, 0.1) is 12.0 Å². The number of halogens is 3. The number of carboxylic acid groups (broad SMARTS) is 1. The Morgan fingerprint density at radius 2 is 1.97 bits per heavy atom. The minimum Gasteiger partial charge on any atom is -0.477 e. The van der Waals surface area contributed by atoms with Crippen LogP contribution in [0.25, 0.3) is 0 Å². The predicted octanol–water partition coefficient (Wildman–Crippen LogP) is 5.07. The molecule has 0 spiro atoms. The van der Waals surface area contributed by atoms with Crippen molar-refractivity contribution in [2.24, 2.45) is 16.8 Å². The molecular weight excluding hydrogens is 445 g/mol. The highest BCUT2D eigenvalue weighted by Crippen LogP contribution is 2.43. The highest BCUT2D eigenvalue weighted by molar-refractivity contribution is 7.17. The van der Waals surface area contributed by atoms with Gasteiger partial charge in [-0.15, -0.1) is 11.3 Å². The molecule has 0 bridgehead atoms. The molecule has 10 heteroatoms. The summed E-state index contributed by atoms with van der Waals surface area (Å²) in [5, 5.41) is 8.87. The number of Topliss-reactive ketones (excluding diaryl/α,β-unsaturated/α-hetero) is 1. The van der Waals surface area contributed by atoms with E-state index in [4.69, 9.17) is 5.11 Å². The fraction of sp³-hybridized carbons (Fsp3) is 0.636. The van der Waals surface area contributed by atoms with Crippen LogP contribution in [0.1, 0.15) is 66.8 Å². The van der Waals surface area contributed by atoms with Gasteiger partial charge in [0.15, 0.2) is 5.78 Å². The van der Waals surface area contributed by atoms with E-state index in [9.17, 15) is 27.6 Å². The molecule has 1 aromatic rings. The van der Waals surface area contributed by atoms with Crippen molar-refractivity contribution >= 4 is 40.2 Å². The Kier molecular flexibility index (Phi) is 9.00. The molecule has 1 aliphatic heterocycles. The van der Waals surface area contributed by atoms with Crippen molar-refractivity contribution in [1.82, 2.24) is 0 Å². The average Bonchev–Trinajstić information content (AvgIpc) is 2.99. The summed E-state index contributed by atoms with van der Waals surface area (Å²) < 4.78 is 38.7. The molecule has 0 fully saturated rings. The molecular formula is C22H29F3N2O4S. The van der Waals surface area contributed by atoms with E-state index in [0.29, 0.717) is 49.2 Å². The van der Waals surface area contributed by atoms with Crippen molar-refractivity contribution in [2.45, 2.75) is 65.5 Å². The topological polar surface area (TPSA) is 87.0 Å². The highest BCUT2D eigenvalue weighted by atomic mass is 32.1. The lowest BCUT2D eigenvalue weighted by molar-refractivity contribution is -0.134. The van der Waals surface area contributed by atoms with Crippen LogP contribution in [0.15, 0.2) is 4.99 Å². The first kappa shape index (κ1) is 26.0. The van der Waals surface area contributed by atoms with E-state index in [1.807, 2.05) is 13.8 Å². The number of amides is 1. The maximum atomic E-state index is 13.2. The number of hydrogen-bond donors (Lipinski definition) is 1. The van der Waals surface area contributed by atoms with Crippen molar-refractivity contribution in [3.63, 3.8) is 0 Å². The van der Waals surface area contributed by atoms with Crippen molar-refractivity contribution in [1.29, 1.82) is 0 Å². The molecule has 0 radical (unpaired) electrons. The van der Waals surface area contributed by atoms with E-state index in [-0.39, 0.29) is 11.7 Å². The summed E-state index contributed by atoms with van der Waals surface area (Å²) in [5.74, 6) is -2.61. The van der Waals surface area contributed by atoms with Gasteiger partial charge in [-0.3, -0.25) is 14.6 Å². The zero-order valence-corrected chi connectivity index (χ0v) is 19.3. The molecule has 32 heavy (non-hydrogen) atoms. The van der Waals surface area contributed by atoms with Gasteiger partial charge in [-0.1, -0.05) is 13.8 Å². The van der Waals surface area contributed by atoms with Gasteiger partial charge in [0.1, 0.15) is 17.1 Å². The summed E-state index contributed by atoms with van der Waals surface area (Å²) in [4.78, 5) is 42.4. The third kappa shape index (κ3) is 6.88. The molecule has 1 aliphatic rings. The summed E-state index contributed by atoms with van der Waals surface area (Å²) in [6.45, 7) is 5.58. The van der Waals surface area contributed by atoms with Crippen LogP contribution in [0.3, 0.4) is 0 Å². The summed E-state index contributed by atoms with van der Waals surface area (Å²) >= 11 is 1.21. The summed E-state index contributed by atoms with van der Waals surface area (Å²) in [6, 6.07) is 0. The monoisotopic (exact) mass is 474 g/mol. The van der Waals surface area contributed by atoms with E-state index in [0.717, 1.165) is 21.6 Å². The number of alkyl halides is 3. The van der Waals surface area contributed by atoms with Gasteiger partial charge in [-0.05, 0) is 50.5 Å². The van der Waals surface area contributed by atoms with Crippen molar-refractivity contribution in [3.05, 3.63) is 16.0 Å². The minimum atomic E-state index is -4.40. The molecule has 0 saturated carbocycles. The van der Waals surface area contributed by atoms with Gasteiger partial charge in [0.2, 0.25) is 5.91 Å². The Labute approximate surface area is 189 Å². The number of aliphatic carboxylic acids is 1. The average molecular weight is 475 g/mol. The molecule has 2 rings (SSSR count). The molecule has 1 unspecified atom stereocenters.